The number of alkyl halides is 1. The van der Waals surface area contributed by atoms with E-state index in [4.69, 9.17) is 4.74 Å². The van der Waals surface area contributed by atoms with E-state index < -0.39 is 64.3 Å². The zero-order valence-corrected chi connectivity index (χ0v) is 22.5. The maximum Gasteiger partial charge on any atom is 0.309 e. The Morgan fingerprint density at radius 3 is 2.57 bits per heavy atom. The number of hydrogen-bond donors (Lipinski definition) is 3. The summed E-state index contributed by atoms with van der Waals surface area (Å²) in [5, 5.41) is 32.6. The van der Waals surface area contributed by atoms with E-state index in [1.807, 2.05) is 6.92 Å². The number of fused-ring (bicyclic) bond motifs is 5. The number of aliphatic hydroxyl groups excluding tert-OH is 2. The van der Waals surface area contributed by atoms with Crippen LogP contribution in [0.3, 0.4) is 0 Å². The van der Waals surface area contributed by atoms with Crippen LogP contribution in [-0.2, 0) is 19.1 Å². The van der Waals surface area contributed by atoms with Gasteiger partial charge in [0, 0.05) is 23.4 Å². The number of Topliss-reactive ketones (excluding diaryl/α,β-unsaturated/α-hetero) is 1. The summed E-state index contributed by atoms with van der Waals surface area (Å²) in [6.45, 7) is 8.06. The van der Waals surface area contributed by atoms with Gasteiger partial charge in [0.15, 0.2) is 18.1 Å². The lowest BCUT2D eigenvalue weighted by molar-refractivity contribution is -0.220. The SMILES string of the molecule is CC(CO)CC(C)C(=O)OCC(=O)[C@@]1(O)[C@H](C)CC2C3CCC4=CC(=O)C=C[C@]4(C)[C@@]3(F)[C@@H](O)C[C@@]21C. The van der Waals surface area contributed by atoms with Gasteiger partial charge in [-0.15, -0.1) is 0 Å². The molecule has 4 rings (SSSR count). The molecule has 0 aromatic heterocycles. The second-order valence-corrected chi connectivity index (χ2v) is 12.6. The highest BCUT2D eigenvalue weighted by Crippen LogP contribution is 2.70. The molecule has 3 fully saturated rings. The third kappa shape index (κ3) is 3.89. The lowest BCUT2D eigenvalue weighted by atomic mass is 9.44. The number of carbonyl (C=O) groups is 3. The van der Waals surface area contributed by atoms with Crippen molar-refractivity contribution >= 4 is 17.5 Å². The largest absolute Gasteiger partial charge is 0.457 e. The Bertz CT molecular complexity index is 1040. The van der Waals surface area contributed by atoms with E-state index in [2.05, 4.69) is 0 Å². The van der Waals surface area contributed by atoms with Crippen LogP contribution in [0.25, 0.3) is 0 Å². The highest BCUT2D eigenvalue weighted by Gasteiger charge is 2.75. The molecule has 206 valence electrons. The molecular weight excluding hydrogens is 479 g/mol. The van der Waals surface area contributed by atoms with E-state index in [0.29, 0.717) is 31.3 Å². The highest BCUT2D eigenvalue weighted by atomic mass is 19.1. The van der Waals surface area contributed by atoms with E-state index in [-0.39, 0.29) is 30.6 Å². The molecule has 0 amide bonds. The molecule has 3 saturated carbocycles. The van der Waals surface area contributed by atoms with Crippen LogP contribution < -0.4 is 0 Å². The van der Waals surface area contributed by atoms with Gasteiger partial charge in [0.2, 0.25) is 5.78 Å². The van der Waals surface area contributed by atoms with E-state index in [1.54, 1.807) is 33.8 Å². The fraction of sp³-hybridized carbons (Fsp3) is 0.759. The number of allylic oxidation sites excluding steroid dienone is 4. The summed E-state index contributed by atoms with van der Waals surface area (Å²) >= 11 is 0. The van der Waals surface area contributed by atoms with Crippen molar-refractivity contribution in [3.8, 4) is 0 Å². The van der Waals surface area contributed by atoms with Gasteiger partial charge < -0.3 is 20.1 Å². The van der Waals surface area contributed by atoms with Crippen molar-refractivity contribution < 1.29 is 38.8 Å². The van der Waals surface area contributed by atoms with Gasteiger partial charge in [-0.2, -0.15) is 0 Å². The van der Waals surface area contributed by atoms with Gasteiger partial charge in [0.25, 0.3) is 0 Å². The molecule has 0 saturated heterocycles. The molecule has 0 aromatic carbocycles. The number of aliphatic hydroxyl groups is 3. The number of carbonyl (C=O) groups excluding carboxylic acids is 3. The van der Waals surface area contributed by atoms with Crippen LogP contribution in [0.1, 0.15) is 66.7 Å². The Morgan fingerprint density at radius 2 is 1.92 bits per heavy atom. The first kappa shape index (κ1) is 28.1. The summed E-state index contributed by atoms with van der Waals surface area (Å²) in [7, 11) is 0. The predicted octanol–water partition coefficient (Wildman–Crippen LogP) is 3.10. The van der Waals surface area contributed by atoms with Crippen LogP contribution in [0.5, 0.6) is 0 Å². The van der Waals surface area contributed by atoms with Crippen LogP contribution in [-0.4, -0.2) is 63.4 Å². The summed E-state index contributed by atoms with van der Waals surface area (Å²) < 4.78 is 22.5. The average molecular weight is 521 g/mol. The molecule has 8 heteroatoms. The van der Waals surface area contributed by atoms with E-state index >= 15 is 4.39 Å². The molecule has 0 heterocycles. The topological polar surface area (TPSA) is 121 Å². The number of halogens is 1. The number of ether oxygens (including phenoxy) is 1. The molecule has 7 nitrogen and oxygen atoms in total. The third-order valence-corrected chi connectivity index (χ3v) is 10.5. The van der Waals surface area contributed by atoms with Gasteiger partial charge in [-0.05, 0) is 68.9 Å². The molecule has 4 aliphatic rings. The van der Waals surface area contributed by atoms with Crippen LogP contribution in [0.4, 0.5) is 4.39 Å². The minimum Gasteiger partial charge on any atom is -0.457 e. The molecule has 0 bridgehead atoms. The van der Waals surface area contributed by atoms with Crippen molar-refractivity contribution in [2.75, 3.05) is 13.2 Å². The zero-order valence-electron chi connectivity index (χ0n) is 22.5. The second kappa shape index (κ2) is 9.38. The fourth-order valence-electron chi connectivity index (χ4n) is 8.30. The van der Waals surface area contributed by atoms with Crippen LogP contribution >= 0.6 is 0 Å². The standard InChI is InChI=1S/C29H41FO7/c1-16(14-31)10-17(2)25(35)37-15-24(34)29(36)18(3)11-22-21-7-6-19-12-20(32)8-9-26(19,4)28(21,30)23(33)13-27(22,29)5/h8-9,12,16-18,21-23,31,33,36H,6-7,10-11,13-15H2,1-5H3/t16?,17?,18-,21?,22?,23+,26+,27+,28+,29+/m1/s1. The van der Waals surface area contributed by atoms with Gasteiger partial charge in [0.05, 0.1) is 12.0 Å². The first-order valence-corrected chi connectivity index (χ1v) is 13.5. The lowest BCUT2D eigenvalue weighted by Crippen LogP contribution is -2.69. The molecule has 0 aliphatic heterocycles. The Hall–Kier alpha value is -1.90. The maximum atomic E-state index is 17.2. The number of esters is 1. The first-order valence-electron chi connectivity index (χ1n) is 13.5. The van der Waals surface area contributed by atoms with Crippen molar-refractivity contribution in [1.29, 1.82) is 0 Å². The summed E-state index contributed by atoms with van der Waals surface area (Å²) in [6.07, 6.45) is 4.55. The summed E-state index contributed by atoms with van der Waals surface area (Å²) in [5.74, 6) is -3.52. The van der Waals surface area contributed by atoms with Gasteiger partial charge in [-0.25, -0.2) is 4.39 Å². The van der Waals surface area contributed by atoms with Crippen molar-refractivity contribution in [3.05, 3.63) is 23.8 Å². The predicted molar refractivity (Wildman–Crippen MR) is 134 cm³/mol. The Balaban J connectivity index is 1.59. The van der Waals surface area contributed by atoms with E-state index in [1.165, 1.54) is 12.2 Å². The number of hydrogen-bond acceptors (Lipinski definition) is 7. The smallest absolute Gasteiger partial charge is 0.309 e. The van der Waals surface area contributed by atoms with Crippen LogP contribution in [0.2, 0.25) is 0 Å². The molecule has 4 unspecified atom stereocenters. The first-order chi connectivity index (χ1) is 17.2. The maximum absolute atomic E-state index is 17.2. The number of rotatable bonds is 7. The van der Waals surface area contributed by atoms with Gasteiger partial charge >= 0.3 is 5.97 Å². The van der Waals surface area contributed by atoms with Crippen molar-refractivity contribution in [3.63, 3.8) is 0 Å². The third-order valence-electron chi connectivity index (χ3n) is 10.5. The van der Waals surface area contributed by atoms with Crippen molar-refractivity contribution in [2.24, 2.45) is 40.4 Å². The quantitative estimate of drug-likeness (QED) is 0.441. The van der Waals surface area contributed by atoms with Crippen molar-refractivity contribution in [2.45, 2.75) is 84.1 Å². The summed E-state index contributed by atoms with van der Waals surface area (Å²) in [6, 6.07) is 0. The van der Waals surface area contributed by atoms with Crippen molar-refractivity contribution in [1.82, 2.24) is 0 Å². The average Bonchev–Trinajstić information content (AvgIpc) is 3.04. The Morgan fingerprint density at radius 1 is 1.24 bits per heavy atom. The Kier molecular flexibility index (Phi) is 7.13. The molecule has 0 spiro atoms. The second-order valence-electron chi connectivity index (χ2n) is 12.6. The fourth-order valence-corrected chi connectivity index (χ4v) is 8.30. The molecule has 0 aromatic rings. The van der Waals surface area contributed by atoms with Crippen LogP contribution in [0, 0.1) is 40.4 Å². The molecule has 10 atom stereocenters. The molecule has 0 radical (unpaired) electrons. The normalized spacial score (nSPS) is 44.2. The molecule has 37 heavy (non-hydrogen) atoms. The van der Waals surface area contributed by atoms with Crippen LogP contribution in [0.15, 0.2) is 23.8 Å². The van der Waals surface area contributed by atoms with Gasteiger partial charge in [-0.3, -0.25) is 14.4 Å². The molecular formula is C29H41FO7. The van der Waals surface area contributed by atoms with Gasteiger partial charge in [-0.1, -0.05) is 39.3 Å². The lowest BCUT2D eigenvalue weighted by Gasteiger charge is -2.62. The molecule has 3 N–H and O–H groups in total. The minimum absolute atomic E-state index is 0.0600. The minimum atomic E-state index is -2.04. The summed E-state index contributed by atoms with van der Waals surface area (Å²) in [4.78, 5) is 38.0. The Labute approximate surface area is 218 Å². The van der Waals surface area contributed by atoms with Gasteiger partial charge in [0.1, 0.15) is 5.60 Å². The van der Waals surface area contributed by atoms with E-state index in [0.717, 1.165) is 0 Å². The monoisotopic (exact) mass is 520 g/mol. The van der Waals surface area contributed by atoms with E-state index in [9.17, 15) is 29.7 Å². The number of ketones is 2. The zero-order chi connectivity index (χ0) is 27.6. The highest BCUT2D eigenvalue weighted by molar-refractivity contribution is 6.01. The summed E-state index contributed by atoms with van der Waals surface area (Å²) in [5.41, 5.74) is -5.51. The molecule has 4 aliphatic carbocycles.